The van der Waals surface area contributed by atoms with Gasteiger partial charge in [-0.15, -0.1) is 11.3 Å². The molecule has 6 heteroatoms. The molecule has 0 aliphatic heterocycles. The lowest BCUT2D eigenvalue weighted by Gasteiger charge is -1.99. The van der Waals surface area contributed by atoms with Crippen LogP contribution in [0.1, 0.15) is 35.2 Å². The van der Waals surface area contributed by atoms with Crippen molar-refractivity contribution >= 4 is 11.3 Å². The van der Waals surface area contributed by atoms with Gasteiger partial charge in [-0.1, -0.05) is 47.6 Å². The molecule has 0 saturated heterocycles. The molecule has 1 fully saturated rings. The third-order valence-corrected chi connectivity index (χ3v) is 5.66. The minimum atomic E-state index is -0.268. The minimum Gasteiger partial charge on any atom is -0.339 e. The molecular formula is C21H16FN3OS. The van der Waals surface area contributed by atoms with E-state index in [9.17, 15) is 4.39 Å². The van der Waals surface area contributed by atoms with Crippen molar-refractivity contribution in [2.24, 2.45) is 0 Å². The van der Waals surface area contributed by atoms with Crippen LogP contribution in [0.25, 0.3) is 22.6 Å². The number of halogens is 1. The Bertz CT molecular complexity index is 1080. The van der Waals surface area contributed by atoms with E-state index in [1.807, 2.05) is 24.3 Å². The Morgan fingerprint density at radius 3 is 2.56 bits per heavy atom. The van der Waals surface area contributed by atoms with Crippen molar-refractivity contribution in [3.8, 4) is 22.6 Å². The van der Waals surface area contributed by atoms with E-state index in [2.05, 4.69) is 15.5 Å². The van der Waals surface area contributed by atoms with Crippen molar-refractivity contribution < 1.29 is 8.91 Å². The highest BCUT2D eigenvalue weighted by atomic mass is 32.1. The molecule has 1 saturated carbocycles. The normalized spacial score (nSPS) is 13.8. The molecule has 4 nitrogen and oxygen atoms in total. The molecule has 4 aromatic rings. The van der Waals surface area contributed by atoms with E-state index >= 15 is 0 Å². The third kappa shape index (κ3) is 3.40. The highest BCUT2D eigenvalue weighted by Crippen LogP contribution is 2.42. The maximum Gasteiger partial charge on any atom is 0.231 e. The van der Waals surface area contributed by atoms with Crippen LogP contribution in [0.15, 0.2) is 58.4 Å². The SMILES string of the molecule is Fc1ccccc1Cc1nc(-c2ccc(-c3csc(C4CC4)n3)cc2)no1. The van der Waals surface area contributed by atoms with Crippen molar-refractivity contribution in [3.05, 3.63) is 76.2 Å². The molecular weight excluding hydrogens is 361 g/mol. The van der Waals surface area contributed by atoms with E-state index in [0.717, 1.165) is 16.8 Å². The van der Waals surface area contributed by atoms with Crippen LogP contribution in [0.2, 0.25) is 0 Å². The molecule has 0 radical (unpaired) electrons. The number of rotatable bonds is 5. The predicted octanol–water partition coefficient (Wildman–Crippen LogP) is 5.47. The van der Waals surface area contributed by atoms with Gasteiger partial charge in [-0.3, -0.25) is 0 Å². The van der Waals surface area contributed by atoms with E-state index in [1.165, 1.54) is 23.9 Å². The summed E-state index contributed by atoms with van der Waals surface area (Å²) in [5, 5.41) is 7.38. The molecule has 1 aliphatic rings. The first-order valence-corrected chi connectivity index (χ1v) is 9.76. The third-order valence-electron chi connectivity index (χ3n) is 4.66. The van der Waals surface area contributed by atoms with E-state index in [4.69, 9.17) is 9.51 Å². The first-order chi connectivity index (χ1) is 13.3. The van der Waals surface area contributed by atoms with Crippen LogP contribution in [0.5, 0.6) is 0 Å². The van der Waals surface area contributed by atoms with Crippen LogP contribution < -0.4 is 0 Å². The number of hydrogen-bond acceptors (Lipinski definition) is 5. The minimum absolute atomic E-state index is 0.268. The van der Waals surface area contributed by atoms with Gasteiger partial charge in [0.05, 0.1) is 17.1 Å². The summed E-state index contributed by atoms with van der Waals surface area (Å²) in [7, 11) is 0. The second kappa shape index (κ2) is 6.70. The van der Waals surface area contributed by atoms with Gasteiger partial charge in [0, 0.05) is 22.4 Å². The predicted molar refractivity (Wildman–Crippen MR) is 102 cm³/mol. The molecule has 0 atom stereocenters. The average Bonchev–Trinajstić information content (AvgIpc) is 3.24. The summed E-state index contributed by atoms with van der Waals surface area (Å²) in [6, 6.07) is 14.6. The Balaban J connectivity index is 1.34. The quantitative estimate of drug-likeness (QED) is 0.463. The van der Waals surface area contributed by atoms with Crippen LogP contribution >= 0.6 is 11.3 Å². The monoisotopic (exact) mass is 377 g/mol. The summed E-state index contributed by atoms with van der Waals surface area (Å²) in [6.45, 7) is 0. The van der Waals surface area contributed by atoms with Gasteiger partial charge in [-0.2, -0.15) is 4.98 Å². The van der Waals surface area contributed by atoms with Gasteiger partial charge in [0.25, 0.3) is 0 Å². The number of thiazole rings is 1. The van der Waals surface area contributed by atoms with Crippen LogP contribution in [0, 0.1) is 5.82 Å². The molecule has 27 heavy (non-hydrogen) atoms. The van der Waals surface area contributed by atoms with Gasteiger partial charge in [0.1, 0.15) is 5.82 Å². The number of hydrogen-bond donors (Lipinski definition) is 0. The van der Waals surface area contributed by atoms with Gasteiger partial charge in [0.2, 0.25) is 11.7 Å². The first-order valence-electron chi connectivity index (χ1n) is 8.88. The zero-order valence-corrected chi connectivity index (χ0v) is 15.2. The van der Waals surface area contributed by atoms with Crippen LogP contribution in [-0.4, -0.2) is 15.1 Å². The number of aromatic nitrogens is 3. The summed E-state index contributed by atoms with van der Waals surface area (Å²) >= 11 is 1.74. The Labute approximate surface area is 159 Å². The second-order valence-electron chi connectivity index (χ2n) is 6.70. The molecule has 2 aromatic heterocycles. The van der Waals surface area contributed by atoms with Crippen molar-refractivity contribution in [3.63, 3.8) is 0 Å². The molecule has 5 rings (SSSR count). The molecule has 0 N–H and O–H groups in total. The average molecular weight is 377 g/mol. The largest absolute Gasteiger partial charge is 0.339 e. The summed E-state index contributed by atoms with van der Waals surface area (Å²) in [6.07, 6.45) is 2.80. The van der Waals surface area contributed by atoms with E-state index in [-0.39, 0.29) is 12.2 Å². The zero-order valence-electron chi connectivity index (χ0n) is 14.4. The highest BCUT2D eigenvalue weighted by molar-refractivity contribution is 7.10. The standard InChI is InChI=1S/C21H16FN3OS/c22-17-4-2-1-3-16(17)11-19-24-20(25-26-19)14-7-5-13(6-8-14)18-12-27-21(23-18)15-9-10-15/h1-8,12,15H,9-11H2. The van der Waals surface area contributed by atoms with Crippen LogP contribution in [-0.2, 0) is 6.42 Å². The molecule has 1 aliphatic carbocycles. The fraction of sp³-hybridized carbons (Fsp3) is 0.190. The first kappa shape index (κ1) is 16.3. The maximum absolute atomic E-state index is 13.8. The molecule has 0 unspecified atom stereocenters. The van der Waals surface area contributed by atoms with Crippen molar-refractivity contribution in [1.29, 1.82) is 0 Å². The molecule has 2 heterocycles. The zero-order chi connectivity index (χ0) is 18.2. The maximum atomic E-state index is 13.8. The van der Waals surface area contributed by atoms with Gasteiger partial charge in [0.15, 0.2) is 0 Å². The molecule has 0 spiro atoms. The second-order valence-corrected chi connectivity index (χ2v) is 7.59. The fourth-order valence-electron chi connectivity index (χ4n) is 2.98. The lowest BCUT2D eigenvalue weighted by molar-refractivity contribution is 0.384. The summed E-state index contributed by atoms with van der Waals surface area (Å²) in [5.74, 6) is 1.31. The fourth-order valence-corrected chi connectivity index (χ4v) is 3.98. The Hall–Kier alpha value is -2.86. The summed E-state index contributed by atoms with van der Waals surface area (Å²) in [4.78, 5) is 9.13. The lowest BCUT2D eigenvalue weighted by Crippen LogP contribution is -1.92. The summed E-state index contributed by atoms with van der Waals surface area (Å²) in [5.41, 5.74) is 3.50. The number of benzene rings is 2. The Morgan fingerprint density at radius 2 is 1.78 bits per heavy atom. The van der Waals surface area contributed by atoms with Gasteiger partial charge >= 0.3 is 0 Å². The molecule has 0 bridgehead atoms. The topological polar surface area (TPSA) is 51.8 Å². The smallest absolute Gasteiger partial charge is 0.231 e. The van der Waals surface area contributed by atoms with Crippen molar-refractivity contribution in [1.82, 2.24) is 15.1 Å². The van der Waals surface area contributed by atoms with E-state index in [1.54, 1.807) is 29.5 Å². The van der Waals surface area contributed by atoms with Crippen molar-refractivity contribution in [2.45, 2.75) is 25.2 Å². The Kier molecular flexibility index (Phi) is 4.05. The number of nitrogens with zero attached hydrogens (tertiary/aromatic N) is 3. The van der Waals surface area contributed by atoms with E-state index in [0.29, 0.717) is 23.2 Å². The lowest BCUT2D eigenvalue weighted by atomic mass is 10.1. The Morgan fingerprint density at radius 1 is 1.00 bits per heavy atom. The molecule has 0 amide bonds. The van der Waals surface area contributed by atoms with Gasteiger partial charge < -0.3 is 4.52 Å². The van der Waals surface area contributed by atoms with Crippen molar-refractivity contribution in [2.75, 3.05) is 0 Å². The van der Waals surface area contributed by atoms with Gasteiger partial charge in [-0.05, 0) is 24.5 Å². The van der Waals surface area contributed by atoms with Gasteiger partial charge in [-0.25, -0.2) is 9.37 Å². The van der Waals surface area contributed by atoms with Crippen LogP contribution in [0.4, 0.5) is 4.39 Å². The molecule has 134 valence electrons. The molecule has 2 aromatic carbocycles. The van der Waals surface area contributed by atoms with Crippen LogP contribution in [0.3, 0.4) is 0 Å². The van der Waals surface area contributed by atoms with E-state index < -0.39 is 0 Å². The highest BCUT2D eigenvalue weighted by Gasteiger charge is 2.26. The summed E-state index contributed by atoms with van der Waals surface area (Å²) < 4.78 is 19.1.